The van der Waals surface area contributed by atoms with E-state index in [0.717, 1.165) is 6.42 Å². The van der Waals surface area contributed by atoms with Crippen LogP contribution in [0.2, 0.25) is 0 Å². The third-order valence-electron chi connectivity index (χ3n) is 3.78. The van der Waals surface area contributed by atoms with Gasteiger partial charge in [-0.1, -0.05) is 0 Å². The quantitative estimate of drug-likeness (QED) is 0.841. The molecule has 1 unspecified atom stereocenters. The van der Waals surface area contributed by atoms with Gasteiger partial charge in [0.25, 0.3) is 5.91 Å². The molecule has 2 aromatic rings. The molecule has 0 bridgehead atoms. The number of aromatic nitrogens is 1. The number of pyridine rings is 1. The predicted octanol–water partition coefficient (Wildman–Crippen LogP) is 2.01. The van der Waals surface area contributed by atoms with Crippen molar-refractivity contribution in [3.8, 4) is 17.6 Å². The van der Waals surface area contributed by atoms with E-state index < -0.39 is 0 Å². The lowest BCUT2D eigenvalue weighted by Gasteiger charge is -2.17. The standard InChI is InChI=1S/C18H17N3O3/c19-10-14-3-5-15(6-4-14)23-13-18(22)21-9-7-17(12-21)24-16-2-1-8-20-11-16/h1-6,8,11,17H,7,9,12-13H2. The van der Waals surface area contributed by atoms with Gasteiger partial charge in [-0.05, 0) is 36.4 Å². The molecule has 1 aliphatic heterocycles. The van der Waals surface area contributed by atoms with Crippen molar-refractivity contribution in [2.75, 3.05) is 19.7 Å². The highest BCUT2D eigenvalue weighted by Gasteiger charge is 2.27. The molecule has 0 spiro atoms. The van der Waals surface area contributed by atoms with E-state index in [1.807, 2.05) is 18.2 Å². The molecule has 122 valence electrons. The molecule has 1 amide bonds. The summed E-state index contributed by atoms with van der Waals surface area (Å²) < 4.78 is 11.3. The number of ether oxygens (including phenoxy) is 2. The maximum Gasteiger partial charge on any atom is 0.260 e. The molecular formula is C18H17N3O3. The number of nitrogens with zero attached hydrogens (tertiary/aromatic N) is 3. The Kier molecular flexibility index (Phi) is 4.92. The molecule has 24 heavy (non-hydrogen) atoms. The van der Waals surface area contributed by atoms with E-state index in [4.69, 9.17) is 14.7 Å². The molecule has 1 aromatic carbocycles. The first kappa shape index (κ1) is 15.8. The maximum absolute atomic E-state index is 12.2. The molecule has 0 N–H and O–H groups in total. The molecule has 1 aromatic heterocycles. The zero-order valence-electron chi connectivity index (χ0n) is 13.1. The summed E-state index contributed by atoms with van der Waals surface area (Å²) in [5.74, 6) is 1.21. The van der Waals surface area contributed by atoms with Gasteiger partial charge in [0, 0.05) is 19.2 Å². The van der Waals surface area contributed by atoms with Crippen molar-refractivity contribution in [3.05, 3.63) is 54.4 Å². The summed E-state index contributed by atoms with van der Waals surface area (Å²) in [5.41, 5.74) is 0.559. The molecule has 6 heteroatoms. The Hall–Kier alpha value is -3.07. The fourth-order valence-corrected chi connectivity index (χ4v) is 2.52. The number of likely N-dealkylation sites (tertiary alicyclic amines) is 1. The summed E-state index contributed by atoms with van der Waals surface area (Å²) in [6, 6.07) is 12.4. The first-order valence-corrected chi connectivity index (χ1v) is 7.72. The number of hydrogen-bond donors (Lipinski definition) is 0. The number of carbonyl (C=O) groups is 1. The third kappa shape index (κ3) is 4.02. The molecule has 3 rings (SSSR count). The fourth-order valence-electron chi connectivity index (χ4n) is 2.52. The minimum absolute atomic E-state index is 0.0203. The van der Waals surface area contributed by atoms with Gasteiger partial charge in [-0.25, -0.2) is 0 Å². The average molecular weight is 323 g/mol. The van der Waals surface area contributed by atoms with E-state index in [9.17, 15) is 4.79 Å². The van der Waals surface area contributed by atoms with Crippen LogP contribution >= 0.6 is 0 Å². The maximum atomic E-state index is 12.2. The zero-order chi connectivity index (χ0) is 16.8. The summed E-state index contributed by atoms with van der Waals surface area (Å²) in [6.45, 7) is 1.18. The van der Waals surface area contributed by atoms with Crippen LogP contribution in [-0.4, -0.2) is 41.6 Å². The van der Waals surface area contributed by atoms with Crippen molar-refractivity contribution in [1.29, 1.82) is 5.26 Å². The Morgan fingerprint density at radius 2 is 2.12 bits per heavy atom. The van der Waals surface area contributed by atoms with Crippen LogP contribution in [0.15, 0.2) is 48.8 Å². The number of carbonyl (C=O) groups excluding carboxylic acids is 1. The Balaban J connectivity index is 1.46. The van der Waals surface area contributed by atoms with Crippen LogP contribution in [0, 0.1) is 11.3 Å². The van der Waals surface area contributed by atoms with Crippen LogP contribution in [0.4, 0.5) is 0 Å². The normalized spacial score (nSPS) is 16.5. The summed E-state index contributed by atoms with van der Waals surface area (Å²) in [7, 11) is 0. The second-order valence-corrected chi connectivity index (χ2v) is 5.48. The van der Waals surface area contributed by atoms with E-state index in [1.165, 1.54) is 0 Å². The van der Waals surface area contributed by atoms with Gasteiger partial charge in [0.05, 0.1) is 24.4 Å². The van der Waals surface area contributed by atoms with E-state index in [2.05, 4.69) is 4.98 Å². The summed E-state index contributed by atoms with van der Waals surface area (Å²) >= 11 is 0. The number of rotatable bonds is 5. The van der Waals surface area contributed by atoms with Crippen molar-refractivity contribution in [2.45, 2.75) is 12.5 Å². The zero-order valence-corrected chi connectivity index (χ0v) is 13.1. The lowest BCUT2D eigenvalue weighted by Crippen LogP contribution is -2.34. The number of benzene rings is 1. The second-order valence-electron chi connectivity index (χ2n) is 5.48. The number of amides is 1. The van der Waals surface area contributed by atoms with E-state index in [1.54, 1.807) is 41.6 Å². The van der Waals surface area contributed by atoms with Crippen LogP contribution in [0.5, 0.6) is 11.5 Å². The Bertz CT molecular complexity index is 725. The molecule has 2 heterocycles. The lowest BCUT2D eigenvalue weighted by atomic mass is 10.2. The average Bonchev–Trinajstić information content (AvgIpc) is 3.09. The van der Waals surface area contributed by atoms with Gasteiger partial charge in [-0.2, -0.15) is 5.26 Å². The van der Waals surface area contributed by atoms with Gasteiger partial charge in [0.2, 0.25) is 0 Å². The first-order valence-electron chi connectivity index (χ1n) is 7.72. The van der Waals surface area contributed by atoms with Crippen LogP contribution < -0.4 is 9.47 Å². The summed E-state index contributed by atoms with van der Waals surface area (Å²) in [5, 5.41) is 8.75. The van der Waals surface area contributed by atoms with Crippen molar-refractivity contribution in [2.24, 2.45) is 0 Å². The Morgan fingerprint density at radius 3 is 2.83 bits per heavy atom. The van der Waals surface area contributed by atoms with Gasteiger partial charge < -0.3 is 14.4 Å². The molecule has 1 aliphatic rings. The van der Waals surface area contributed by atoms with Crippen molar-refractivity contribution in [3.63, 3.8) is 0 Å². The van der Waals surface area contributed by atoms with Crippen LogP contribution in [0.25, 0.3) is 0 Å². The van der Waals surface area contributed by atoms with E-state index in [0.29, 0.717) is 30.2 Å². The predicted molar refractivity (Wildman–Crippen MR) is 86.5 cm³/mol. The molecule has 0 saturated carbocycles. The number of nitriles is 1. The van der Waals surface area contributed by atoms with Crippen LogP contribution in [0.3, 0.4) is 0 Å². The van der Waals surface area contributed by atoms with Crippen molar-refractivity contribution >= 4 is 5.91 Å². The minimum atomic E-state index is -0.0725. The largest absolute Gasteiger partial charge is 0.487 e. The second kappa shape index (κ2) is 7.47. The summed E-state index contributed by atoms with van der Waals surface area (Å²) in [6.07, 6.45) is 4.13. The van der Waals surface area contributed by atoms with Gasteiger partial charge in [-0.15, -0.1) is 0 Å². The molecule has 0 aliphatic carbocycles. The highest BCUT2D eigenvalue weighted by molar-refractivity contribution is 5.78. The van der Waals surface area contributed by atoms with Gasteiger partial charge in [-0.3, -0.25) is 9.78 Å². The molecule has 1 saturated heterocycles. The smallest absolute Gasteiger partial charge is 0.260 e. The van der Waals surface area contributed by atoms with Crippen molar-refractivity contribution < 1.29 is 14.3 Å². The van der Waals surface area contributed by atoms with E-state index in [-0.39, 0.29) is 18.6 Å². The molecule has 0 radical (unpaired) electrons. The molecular weight excluding hydrogens is 306 g/mol. The van der Waals surface area contributed by atoms with Gasteiger partial charge in [0.15, 0.2) is 6.61 Å². The monoisotopic (exact) mass is 323 g/mol. The van der Waals surface area contributed by atoms with Crippen molar-refractivity contribution in [1.82, 2.24) is 9.88 Å². The molecule has 6 nitrogen and oxygen atoms in total. The topological polar surface area (TPSA) is 75.5 Å². The summed E-state index contributed by atoms with van der Waals surface area (Å²) in [4.78, 5) is 18.0. The van der Waals surface area contributed by atoms with Gasteiger partial charge >= 0.3 is 0 Å². The highest BCUT2D eigenvalue weighted by Crippen LogP contribution is 2.18. The van der Waals surface area contributed by atoms with Crippen LogP contribution in [0.1, 0.15) is 12.0 Å². The lowest BCUT2D eigenvalue weighted by molar-refractivity contribution is -0.132. The van der Waals surface area contributed by atoms with E-state index >= 15 is 0 Å². The third-order valence-corrected chi connectivity index (χ3v) is 3.78. The Labute approximate surface area is 140 Å². The minimum Gasteiger partial charge on any atom is -0.487 e. The first-order chi connectivity index (χ1) is 11.7. The molecule has 1 fully saturated rings. The number of hydrogen-bond acceptors (Lipinski definition) is 5. The fraction of sp³-hybridized carbons (Fsp3) is 0.278. The SMILES string of the molecule is N#Cc1ccc(OCC(=O)N2CCC(Oc3cccnc3)C2)cc1. The van der Waals surface area contributed by atoms with Crippen LogP contribution in [-0.2, 0) is 4.79 Å². The molecule has 1 atom stereocenters. The van der Waals surface area contributed by atoms with Gasteiger partial charge in [0.1, 0.15) is 17.6 Å². The highest BCUT2D eigenvalue weighted by atomic mass is 16.5. The Morgan fingerprint density at radius 1 is 1.29 bits per heavy atom.